The average Bonchev–Trinajstić information content (AvgIpc) is 2.52. The molecule has 0 radical (unpaired) electrons. The third-order valence-corrected chi connectivity index (χ3v) is 4.88. The van der Waals surface area contributed by atoms with E-state index in [0.717, 1.165) is 11.8 Å². The van der Waals surface area contributed by atoms with Crippen molar-refractivity contribution >= 4 is 21.6 Å². The summed E-state index contributed by atoms with van der Waals surface area (Å²) in [6.07, 6.45) is 1.37. The number of hydrogen-bond donors (Lipinski definition) is 1. The number of nitrogens with zero attached hydrogens (tertiary/aromatic N) is 2. The summed E-state index contributed by atoms with van der Waals surface area (Å²) in [6, 6.07) is 6.45. The van der Waals surface area contributed by atoms with Crippen molar-refractivity contribution in [1.29, 1.82) is 0 Å². The highest BCUT2D eigenvalue weighted by Crippen LogP contribution is 2.15. The maximum atomic E-state index is 11.4. The molecule has 1 saturated heterocycles. The van der Waals surface area contributed by atoms with Crippen molar-refractivity contribution in [3.8, 4) is 0 Å². The molecule has 7 nitrogen and oxygen atoms in total. The zero-order valence-corrected chi connectivity index (χ0v) is 13.9. The van der Waals surface area contributed by atoms with Crippen LogP contribution in [-0.4, -0.2) is 55.7 Å². The first-order valence-electron chi connectivity index (χ1n) is 7.26. The lowest BCUT2D eigenvalue weighted by Gasteiger charge is -2.28. The van der Waals surface area contributed by atoms with Crippen molar-refractivity contribution in [2.24, 2.45) is 5.16 Å². The Kier molecular flexibility index (Phi) is 5.25. The van der Waals surface area contributed by atoms with Gasteiger partial charge >= 0.3 is 6.09 Å². The lowest BCUT2D eigenvalue weighted by Crippen LogP contribution is -2.39. The Morgan fingerprint density at radius 1 is 1.26 bits per heavy atom. The number of piperidine rings is 1. The highest BCUT2D eigenvalue weighted by molar-refractivity contribution is 7.90. The van der Waals surface area contributed by atoms with Gasteiger partial charge in [0.2, 0.25) is 0 Å². The molecule has 8 heteroatoms. The minimum Gasteiger partial charge on any atom is -0.465 e. The predicted molar refractivity (Wildman–Crippen MR) is 85.5 cm³/mol. The molecule has 1 heterocycles. The van der Waals surface area contributed by atoms with Gasteiger partial charge in [0.05, 0.1) is 10.6 Å². The van der Waals surface area contributed by atoms with Crippen LogP contribution in [0.25, 0.3) is 0 Å². The van der Waals surface area contributed by atoms with E-state index in [0.29, 0.717) is 31.6 Å². The molecule has 0 atom stereocenters. The summed E-state index contributed by atoms with van der Waals surface area (Å²) >= 11 is 0. The third kappa shape index (κ3) is 4.69. The van der Waals surface area contributed by atoms with Crippen molar-refractivity contribution in [2.75, 3.05) is 19.3 Å². The second-order valence-electron chi connectivity index (χ2n) is 5.55. The first-order valence-corrected chi connectivity index (χ1v) is 9.15. The summed E-state index contributed by atoms with van der Waals surface area (Å²) in [5.74, 6) is 0. The average molecular weight is 340 g/mol. The molecule has 1 aliphatic rings. The number of benzene rings is 1. The Morgan fingerprint density at radius 2 is 1.83 bits per heavy atom. The highest BCUT2D eigenvalue weighted by atomic mass is 32.2. The molecule has 0 aliphatic carbocycles. The van der Waals surface area contributed by atoms with E-state index in [9.17, 15) is 13.2 Å². The monoisotopic (exact) mass is 340 g/mol. The second kappa shape index (κ2) is 6.99. The Hall–Kier alpha value is -2.09. The smallest absolute Gasteiger partial charge is 0.407 e. The molecule has 126 valence electrons. The van der Waals surface area contributed by atoms with Crippen LogP contribution in [0.2, 0.25) is 0 Å². The van der Waals surface area contributed by atoms with Crippen LogP contribution in [0.4, 0.5) is 4.79 Å². The van der Waals surface area contributed by atoms with Gasteiger partial charge in [0.15, 0.2) is 9.84 Å². The number of amides is 1. The van der Waals surface area contributed by atoms with E-state index in [2.05, 4.69) is 5.16 Å². The van der Waals surface area contributed by atoms with Gasteiger partial charge in [-0.25, -0.2) is 13.2 Å². The molecule has 0 unspecified atom stereocenters. The molecule has 0 aromatic heterocycles. The van der Waals surface area contributed by atoms with E-state index in [1.54, 1.807) is 19.1 Å². The van der Waals surface area contributed by atoms with E-state index in [1.807, 2.05) is 0 Å². The van der Waals surface area contributed by atoms with Crippen LogP contribution in [0.1, 0.15) is 25.3 Å². The molecule has 1 fully saturated rings. The normalized spacial score (nSPS) is 17.1. The van der Waals surface area contributed by atoms with Gasteiger partial charge in [0, 0.05) is 32.2 Å². The minimum atomic E-state index is -3.21. The number of oxime groups is 1. The van der Waals surface area contributed by atoms with Gasteiger partial charge in [0.25, 0.3) is 0 Å². The number of likely N-dealkylation sites (tertiary alicyclic amines) is 1. The molecular weight excluding hydrogens is 320 g/mol. The lowest BCUT2D eigenvalue weighted by atomic mass is 10.1. The molecule has 1 aromatic rings. The number of sulfone groups is 1. The van der Waals surface area contributed by atoms with E-state index in [-0.39, 0.29) is 11.0 Å². The maximum absolute atomic E-state index is 11.4. The fraction of sp³-hybridized carbons (Fsp3) is 0.467. The first kappa shape index (κ1) is 17.3. The molecule has 0 spiro atoms. The van der Waals surface area contributed by atoms with Crippen molar-refractivity contribution in [3.05, 3.63) is 29.8 Å². The van der Waals surface area contributed by atoms with Gasteiger partial charge in [-0.3, -0.25) is 0 Å². The van der Waals surface area contributed by atoms with Crippen LogP contribution in [-0.2, 0) is 14.7 Å². The molecule has 1 aliphatic heterocycles. The molecule has 23 heavy (non-hydrogen) atoms. The Bertz CT molecular complexity index is 689. The summed E-state index contributed by atoms with van der Waals surface area (Å²) in [4.78, 5) is 17.9. The molecule has 0 saturated carbocycles. The molecular formula is C15H20N2O5S. The second-order valence-corrected chi connectivity index (χ2v) is 7.56. The van der Waals surface area contributed by atoms with Crippen molar-refractivity contribution in [1.82, 2.24) is 4.90 Å². The van der Waals surface area contributed by atoms with Gasteiger partial charge in [-0.2, -0.15) is 0 Å². The summed E-state index contributed by atoms with van der Waals surface area (Å²) < 4.78 is 22.8. The largest absolute Gasteiger partial charge is 0.465 e. The zero-order chi connectivity index (χ0) is 17.0. The fourth-order valence-electron chi connectivity index (χ4n) is 2.30. The third-order valence-electron chi connectivity index (χ3n) is 3.75. The quantitative estimate of drug-likeness (QED) is 0.668. The lowest BCUT2D eigenvalue weighted by molar-refractivity contribution is 0.0134. The summed E-state index contributed by atoms with van der Waals surface area (Å²) in [5, 5.41) is 13.0. The van der Waals surface area contributed by atoms with Gasteiger partial charge < -0.3 is 14.8 Å². The van der Waals surface area contributed by atoms with Gasteiger partial charge in [-0.1, -0.05) is 17.3 Å². The van der Waals surface area contributed by atoms with Crippen LogP contribution in [0, 0.1) is 0 Å². The Balaban J connectivity index is 1.94. The number of hydrogen-bond acceptors (Lipinski definition) is 5. The van der Waals surface area contributed by atoms with E-state index >= 15 is 0 Å². The number of rotatable bonds is 4. The SMILES string of the molecule is CC(=NOC1CCN(C(=O)O)CC1)c1ccc(S(C)(=O)=O)cc1. The van der Waals surface area contributed by atoms with Gasteiger partial charge in [-0.05, 0) is 24.6 Å². The number of carboxylic acid groups (broad SMARTS) is 1. The van der Waals surface area contributed by atoms with Crippen LogP contribution in [0.3, 0.4) is 0 Å². The fourth-order valence-corrected chi connectivity index (χ4v) is 2.93. The molecule has 1 amide bonds. The molecule has 1 aromatic carbocycles. The van der Waals surface area contributed by atoms with E-state index < -0.39 is 15.9 Å². The van der Waals surface area contributed by atoms with Crippen LogP contribution in [0.5, 0.6) is 0 Å². The Morgan fingerprint density at radius 3 is 2.30 bits per heavy atom. The van der Waals surface area contributed by atoms with Crippen molar-refractivity contribution < 1.29 is 23.2 Å². The Labute approximate surface area is 135 Å². The van der Waals surface area contributed by atoms with Crippen LogP contribution >= 0.6 is 0 Å². The van der Waals surface area contributed by atoms with Crippen molar-refractivity contribution in [3.63, 3.8) is 0 Å². The minimum absolute atomic E-state index is 0.101. The first-order chi connectivity index (χ1) is 10.8. The predicted octanol–water partition coefficient (Wildman–Crippen LogP) is 1.97. The number of carbonyl (C=O) groups is 1. The van der Waals surface area contributed by atoms with E-state index in [4.69, 9.17) is 9.94 Å². The van der Waals surface area contributed by atoms with Gasteiger partial charge in [0.1, 0.15) is 6.10 Å². The molecule has 1 N–H and O–H groups in total. The van der Waals surface area contributed by atoms with Gasteiger partial charge in [-0.15, -0.1) is 0 Å². The van der Waals surface area contributed by atoms with Crippen molar-refractivity contribution in [2.45, 2.75) is 30.8 Å². The summed E-state index contributed by atoms with van der Waals surface area (Å²) in [6.45, 7) is 2.66. The topological polar surface area (TPSA) is 96.3 Å². The summed E-state index contributed by atoms with van der Waals surface area (Å²) in [5.41, 5.74) is 1.42. The van der Waals surface area contributed by atoms with E-state index in [1.165, 1.54) is 17.0 Å². The standard InChI is InChI=1S/C15H20N2O5S/c1-11(12-3-5-14(6-4-12)23(2,20)21)16-22-13-7-9-17(10-8-13)15(18)19/h3-6,13H,7-10H2,1-2H3,(H,18,19). The van der Waals surface area contributed by atoms with Crippen LogP contribution < -0.4 is 0 Å². The highest BCUT2D eigenvalue weighted by Gasteiger charge is 2.23. The zero-order valence-electron chi connectivity index (χ0n) is 13.1. The summed E-state index contributed by atoms with van der Waals surface area (Å²) in [7, 11) is -3.21. The van der Waals surface area contributed by atoms with Crippen LogP contribution in [0.15, 0.2) is 34.3 Å². The molecule has 2 rings (SSSR count). The maximum Gasteiger partial charge on any atom is 0.407 e. The molecule has 0 bridgehead atoms.